The number of hydrogen-bond donors (Lipinski definition) is 1. The zero-order chi connectivity index (χ0) is 12.3. The Morgan fingerprint density at radius 2 is 2.24 bits per heavy atom. The molecule has 2 rings (SSSR count). The van der Waals surface area contributed by atoms with Crippen molar-refractivity contribution in [1.82, 2.24) is 4.98 Å². The van der Waals surface area contributed by atoms with E-state index in [0.29, 0.717) is 30.3 Å². The highest BCUT2D eigenvalue weighted by atomic mass is 16.5. The van der Waals surface area contributed by atoms with E-state index in [0.717, 1.165) is 13.1 Å². The van der Waals surface area contributed by atoms with E-state index in [-0.39, 0.29) is 0 Å². The smallest absolute Gasteiger partial charge is 0.340 e. The van der Waals surface area contributed by atoms with Crippen molar-refractivity contribution in [3.63, 3.8) is 0 Å². The molecule has 0 unspecified atom stereocenters. The Morgan fingerprint density at radius 3 is 2.88 bits per heavy atom. The monoisotopic (exact) mass is 237 g/mol. The van der Waals surface area contributed by atoms with Gasteiger partial charge in [0.05, 0.1) is 31.6 Å². The Labute approximate surface area is 99.3 Å². The summed E-state index contributed by atoms with van der Waals surface area (Å²) in [5.74, 6) is 0.176. The number of nitrogens with zero attached hydrogens (tertiary/aromatic N) is 2. The van der Waals surface area contributed by atoms with E-state index in [9.17, 15) is 4.79 Å². The van der Waals surface area contributed by atoms with Crippen LogP contribution >= 0.6 is 0 Å². The van der Waals surface area contributed by atoms with Crippen molar-refractivity contribution in [1.29, 1.82) is 0 Å². The number of nitrogen functional groups attached to an aromatic ring is 1. The molecule has 0 saturated carbocycles. The van der Waals surface area contributed by atoms with Crippen LogP contribution in [0.4, 0.5) is 11.5 Å². The van der Waals surface area contributed by atoms with E-state index in [2.05, 4.69) is 9.72 Å². The van der Waals surface area contributed by atoms with Gasteiger partial charge in [-0.2, -0.15) is 0 Å². The van der Waals surface area contributed by atoms with Gasteiger partial charge < -0.3 is 20.1 Å². The third-order valence-corrected chi connectivity index (χ3v) is 2.69. The topological polar surface area (TPSA) is 77.7 Å². The predicted molar refractivity (Wildman–Crippen MR) is 63.0 cm³/mol. The fraction of sp³-hybridized carbons (Fsp3) is 0.455. The average molecular weight is 237 g/mol. The minimum absolute atomic E-state index is 0.351. The van der Waals surface area contributed by atoms with Gasteiger partial charge in [-0.05, 0) is 6.07 Å². The van der Waals surface area contributed by atoms with Gasteiger partial charge in [0.15, 0.2) is 5.82 Å². The van der Waals surface area contributed by atoms with Gasteiger partial charge >= 0.3 is 5.97 Å². The summed E-state index contributed by atoms with van der Waals surface area (Å²) >= 11 is 0. The standard InChI is InChI=1S/C11H15N3O3/c1-16-11(15)8-2-3-13-10(9(8)12)14-4-6-17-7-5-14/h2-3H,4-7,12H2,1H3. The van der Waals surface area contributed by atoms with Crippen molar-refractivity contribution in [3.05, 3.63) is 17.8 Å². The Morgan fingerprint density at radius 1 is 1.53 bits per heavy atom. The summed E-state index contributed by atoms with van der Waals surface area (Å²) in [7, 11) is 1.33. The highest BCUT2D eigenvalue weighted by Crippen LogP contribution is 2.25. The Kier molecular flexibility index (Phi) is 3.43. The summed E-state index contributed by atoms with van der Waals surface area (Å²) in [6.45, 7) is 2.73. The number of aromatic nitrogens is 1. The lowest BCUT2D eigenvalue weighted by Gasteiger charge is -2.28. The number of carbonyl (C=O) groups is 1. The quantitative estimate of drug-likeness (QED) is 0.745. The molecule has 6 heteroatoms. The fourth-order valence-electron chi connectivity index (χ4n) is 1.78. The molecule has 0 spiro atoms. The van der Waals surface area contributed by atoms with Gasteiger partial charge in [-0.1, -0.05) is 0 Å². The van der Waals surface area contributed by atoms with E-state index in [1.807, 2.05) is 4.90 Å². The van der Waals surface area contributed by atoms with Crippen LogP contribution in [0.2, 0.25) is 0 Å². The Balaban J connectivity index is 2.31. The van der Waals surface area contributed by atoms with Crippen LogP contribution in [-0.4, -0.2) is 44.4 Å². The molecule has 0 atom stereocenters. The number of hydrogen-bond acceptors (Lipinski definition) is 6. The van der Waals surface area contributed by atoms with Gasteiger partial charge in [0.2, 0.25) is 0 Å². The summed E-state index contributed by atoms with van der Waals surface area (Å²) in [5.41, 5.74) is 6.66. The molecule has 1 fully saturated rings. The number of rotatable bonds is 2. The minimum Gasteiger partial charge on any atom is -0.465 e. The second-order valence-corrected chi connectivity index (χ2v) is 3.69. The van der Waals surface area contributed by atoms with E-state index >= 15 is 0 Å². The van der Waals surface area contributed by atoms with Gasteiger partial charge in [-0.25, -0.2) is 9.78 Å². The van der Waals surface area contributed by atoms with Gasteiger partial charge in [0, 0.05) is 19.3 Å². The summed E-state index contributed by atoms with van der Waals surface area (Å²) in [6.07, 6.45) is 1.56. The van der Waals surface area contributed by atoms with Gasteiger partial charge in [-0.15, -0.1) is 0 Å². The van der Waals surface area contributed by atoms with Crippen molar-refractivity contribution in [2.45, 2.75) is 0 Å². The summed E-state index contributed by atoms with van der Waals surface area (Å²) in [5, 5.41) is 0. The van der Waals surface area contributed by atoms with Crippen LogP contribution in [0.25, 0.3) is 0 Å². The van der Waals surface area contributed by atoms with E-state index in [1.165, 1.54) is 7.11 Å². The van der Waals surface area contributed by atoms with Crippen molar-refractivity contribution in [2.75, 3.05) is 44.0 Å². The molecular weight excluding hydrogens is 222 g/mol. The van der Waals surface area contributed by atoms with Crippen LogP contribution in [0, 0.1) is 0 Å². The van der Waals surface area contributed by atoms with Crippen molar-refractivity contribution >= 4 is 17.5 Å². The molecule has 92 valence electrons. The minimum atomic E-state index is -0.445. The molecule has 0 bridgehead atoms. The first-order valence-electron chi connectivity index (χ1n) is 5.39. The van der Waals surface area contributed by atoms with Gasteiger partial charge in [-0.3, -0.25) is 0 Å². The number of anilines is 2. The molecule has 0 radical (unpaired) electrons. The number of morpholine rings is 1. The lowest BCUT2D eigenvalue weighted by Crippen LogP contribution is -2.37. The van der Waals surface area contributed by atoms with Crippen molar-refractivity contribution in [3.8, 4) is 0 Å². The maximum absolute atomic E-state index is 11.5. The highest BCUT2D eigenvalue weighted by molar-refractivity contribution is 5.97. The fourth-order valence-corrected chi connectivity index (χ4v) is 1.78. The van der Waals surface area contributed by atoms with Crippen LogP contribution in [-0.2, 0) is 9.47 Å². The SMILES string of the molecule is COC(=O)c1ccnc(N2CCOCC2)c1N. The first-order valence-corrected chi connectivity index (χ1v) is 5.39. The number of pyridine rings is 1. The van der Waals surface area contributed by atoms with E-state index in [1.54, 1.807) is 12.3 Å². The van der Waals surface area contributed by atoms with Crippen molar-refractivity contribution in [2.24, 2.45) is 0 Å². The largest absolute Gasteiger partial charge is 0.465 e. The molecule has 0 aliphatic carbocycles. The second kappa shape index (κ2) is 5.01. The lowest BCUT2D eigenvalue weighted by molar-refractivity contribution is 0.0602. The summed E-state index contributed by atoms with van der Waals surface area (Å²) < 4.78 is 9.93. The molecule has 1 aromatic rings. The Bertz CT molecular complexity index is 416. The second-order valence-electron chi connectivity index (χ2n) is 3.69. The normalized spacial score (nSPS) is 15.7. The zero-order valence-corrected chi connectivity index (χ0v) is 9.68. The van der Waals surface area contributed by atoms with E-state index < -0.39 is 5.97 Å². The molecule has 0 amide bonds. The summed E-state index contributed by atoms with van der Waals surface area (Å²) in [4.78, 5) is 17.7. The number of ether oxygens (including phenoxy) is 2. The Hall–Kier alpha value is -1.82. The third kappa shape index (κ3) is 2.31. The molecule has 2 heterocycles. The predicted octanol–water partition coefficient (Wildman–Crippen LogP) is 0.287. The maximum Gasteiger partial charge on any atom is 0.340 e. The van der Waals surface area contributed by atoms with Gasteiger partial charge in [0.25, 0.3) is 0 Å². The molecular formula is C11H15N3O3. The molecule has 2 N–H and O–H groups in total. The molecule has 1 aliphatic heterocycles. The van der Waals surface area contributed by atoms with Crippen LogP contribution < -0.4 is 10.6 Å². The molecule has 1 aliphatic rings. The zero-order valence-electron chi connectivity index (χ0n) is 9.68. The van der Waals surface area contributed by atoms with Crippen molar-refractivity contribution < 1.29 is 14.3 Å². The van der Waals surface area contributed by atoms with Crippen LogP contribution in [0.15, 0.2) is 12.3 Å². The molecule has 17 heavy (non-hydrogen) atoms. The molecule has 0 aromatic carbocycles. The number of nitrogens with two attached hydrogens (primary N) is 1. The third-order valence-electron chi connectivity index (χ3n) is 2.69. The molecule has 1 aromatic heterocycles. The van der Waals surface area contributed by atoms with Crippen LogP contribution in [0.3, 0.4) is 0 Å². The number of methoxy groups -OCH3 is 1. The highest BCUT2D eigenvalue weighted by Gasteiger charge is 2.19. The molecule has 1 saturated heterocycles. The van der Waals surface area contributed by atoms with E-state index in [4.69, 9.17) is 10.5 Å². The first-order chi connectivity index (χ1) is 8.24. The average Bonchev–Trinajstić information content (AvgIpc) is 2.39. The van der Waals surface area contributed by atoms with Crippen LogP contribution in [0.1, 0.15) is 10.4 Å². The number of esters is 1. The lowest BCUT2D eigenvalue weighted by atomic mass is 10.2. The van der Waals surface area contributed by atoms with Gasteiger partial charge in [0.1, 0.15) is 0 Å². The first kappa shape index (κ1) is 11.7. The van der Waals surface area contributed by atoms with Crippen LogP contribution in [0.5, 0.6) is 0 Å². The molecule has 6 nitrogen and oxygen atoms in total. The number of carbonyl (C=O) groups excluding carboxylic acids is 1. The summed E-state index contributed by atoms with van der Waals surface area (Å²) in [6, 6.07) is 1.56. The maximum atomic E-state index is 11.5.